The molecule has 0 aromatic heterocycles. The zero-order valence-electron chi connectivity index (χ0n) is 13.7. The average Bonchev–Trinajstić information content (AvgIpc) is 2.77. The Bertz CT molecular complexity index is 726. The predicted molar refractivity (Wildman–Crippen MR) is 86.4 cm³/mol. The molecule has 1 aliphatic heterocycles. The summed E-state index contributed by atoms with van der Waals surface area (Å²) in [5.74, 6) is -1.67. The molecule has 0 saturated carbocycles. The van der Waals surface area contributed by atoms with Gasteiger partial charge in [-0.25, -0.2) is 0 Å². The number of aliphatic hydroxyl groups excluding tert-OH is 1. The number of non-ortho nitro benzene ring substituents is 1. The van der Waals surface area contributed by atoms with Gasteiger partial charge >= 0.3 is 0 Å². The van der Waals surface area contributed by atoms with Crippen molar-refractivity contribution in [2.45, 2.75) is 13.0 Å². The normalized spacial score (nSPS) is 17.8. The first-order chi connectivity index (χ1) is 11.2. The SMILES string of the molecule is CC(=O)C1=C(O)C(=O)N(CCN(C)C)[C@@H]1c1cccc([N+](=O)[O-])c1. The maximum absolute atomic E-state index is 12.3. The van der Waals surface area contributed by atoms with Crippen LogP contribution >= 0.6 is 0 Å². The fraction of sp³-hybridized carbons (Fsp3) is 0.375. The number of carbonyl (C=O) groups excluding carboxylic acids is 2. The lowest BCUT2D eigenvalue weighted by Crippen LogP contribution is -2.36. The number of ketones is 1. The molecule has 0 unspecified atom stereocenters. The van der Waals surface area contributed by atoms with Crippen LogP contribution in [0.4, 0.5) is 5.69 Å². The Kier molecular flexibility index (Phi) is 4.99. The van der Waals surface area contributed by atoms with Gasteiger partial charge in [-0.3, -0.25) is 19.7 Å². The minimum atomic E-state index is -0.824. The first-order valence-corrected chi connectivity index (χ1v) is 7.38. The number of nitrogens with zero attached hydrogens (tertiary/aromatic N) is 3. The van der Waals surface area contributed by atoms with Crippen molar-refractivity contribution in [1.82, 2.24) is 9.80 Å². The second kappa shape index (κ2) is 6.79. The third kappa shape index (κ3) is 3.28. The number of Topliss-reactive ketones (excluding diaryl/α,β-unsaturated/α-hetero) is 1. The fourth-order valence-electron chi connectivity index (χ4n) is 2.71. The van der Waals surface area contributed by atoms with E-state index in [1.165, 1.54) is 30.0 Å². The van der Waals surface area contributed by atoms with Crippen molar-refractivity contribution in [2.24, 2.45) is 0 Å². The molecule has 8 nitrogen and oxygen atoms in total. The Balaban J connectivity index is 2.50. The largest absolute Gasteiger partial charge is 0.503 e. The van der Waals surface area contributed by atoms with Crippen molar-refractivity contribution >= 4 is 17.4 Å². The maximum Gasteiger partial charge on any atom is 0.290 e. The highest BCUT2D eigenvalue weighted by atomic mass is 16.6. The van der Waals surface area contributed by atoms with Crippen LogP contribution in [0.3, 0.4) is 0 Å². The Hall–Kier alpha value is -2.74. The minimum absolute atomic E-state index is 0.0285. The molecule has 1 N–H and O–H groups in total. The predicted octanol–water partition coefficient (Wildman–Crippen LogP) is 1.44. The van der Waals surface area contributed by atoms with Gasteiger partial charge in [0.2, 0.25) is 0 Å². The lowest BCUT2D eigenvalue weighted by Gasteiger charge is -2.27. The van der Waals surface area contributed by atoms with Crippen molar-refractivity contribution in [3.05, 3.63) is 51.3 Å². The summed E-state index contributed by atoms with van der Waals surface area (Å²) in [7, 11) is 3.67. The van der Waals surface area contributed by atoms with Gasteiger partial charge in [0.25, 0.3) is 11.6 Å². The van der Waals surface area contributed by atoms with Gasteiger partial charge in [-0.2, -0.15) is 0 Å². The van der Waals surface area contributed by atoms with E-state index in [9.17, 15) is 24.8 Å². The van der Waals surface area contributed by atoms with E-state index in [-0.39, 0.29) is 17.8 Å². The number of nitro groups is 1. The van der Waals surface area contributed by atoms with E-state index in [4.69, 9.17) is 0 Å². The summed E-state index contributed by atoms with van der Waals surface area (Å²) < 4.78 is 0. The van der Waals surface area contributed by atoms with Crippen LogP contribution < -0.4 is 0 Å². The van der Waals surface area contributed by atoms with Crippen molar-refractivity contribution in [1.29, 1.82) is 0 Å². The van der Waals surface area contributed by atoms with Crippen molar-refractivity contribution in [3.8, 4) is 0 Å². The van der Waals surface area contributed by atoms with Crippen LogP contribution in [-0.4, -0.2) is 58.7 Å². The molecule has 24 heavy (non-hydrogen) atoms. The van der Waals surface area contributed by atoms with Gasteiger partial charge in [-0.15, -0.1) is 0 Å². The molecule has 1 aromatic carbocycles. The Labute approximate surface area is 139 Å². The number of benzene rings is 1. The number of hydrogen-bond donors (Lipinski definition) is 1. The van der Waals surface area contributed by atoms with Crippen molar-refractivity contribution < 1.29 is 19.6 Å². The number of nitro benzene ring substituents is 1. The molecule has 1 aromatic rings. The number of carbonyl (C=O) groups is 2. The Morgan fingerprint density at radius 2 is 2.08 bits per heavy atom. The quantitative estimate of drug-likeness (QED) is 0.624. The molecule has 1 amide bonds. The van der Waals surface area contributed by atoms with Crippen LogP contribution in [0.25, 0.3) is 0 Å². The topological polar surface area (TPSA) is 104 Å². The lowest BCUT2D eigenvalue weighted by atomic mass is 9.96. The number of amides is 1. The van der Waals surface area contributed by atoms with Crippen LogP contribution in [0.5, 0.6) is 0 Å². The summed E-state index contributed by atoms with van der Waals surface area (Å²) in [5.41, 5.74) is 0.256. The molecule has 0 aliphatic carbocycles. The molecule has 1 heterocycles. The highest BCUT2D eigenvalue weighted by Gasteiger charge is 2.42. The third-order valence-electron chi connectivity index (χ3n) is 3.87. The first-order valence-electron chi connectivity index (χ1n) is 7.38. The van der Waals surface area contributed by atoms with Gasteiger partial charge in [0.15, 0.2) is 11.5 Å². The lowest BCUT2D eigenvalue weighted by molar-refractivity contribution is -0.384. The van der Waals surface area contributed by atoms with Crippen LogP contribution in [0.1, 0.15) is 18.5 Å². The van der Waals surface area contributed by atoms with E-state index < -0.39 is 28.4 Å². The van der Waals surface area contributed by atoms with Gasteiger partial charge in [0.05, 0.1) is 16.5 Å². The van der Waals surface area contributed by atoms with E-state index in [0.29, 0.717) is 12.1 Å². The van der Waals surface area contributed by atoms with Crippen LogP contribution in [0, 0.1) is 10.1 Å². The molecule has 0 bridgehead atoms. The van der Waals surface area contributed by atoms with Gasteiger partial charge in [-0.1, -0.05) is 12.1 Å². The number of hydrogen-bond acceptors (Lipinski definition) is 6. The number of rotatable bonds is 6. The highest BCUT2D eigenvalue weighted by Crippen LogP contribution is 2.38. The molecule has 128 valence electrons. The summed E-state index contributed by atoms with van der Waals surface area (Å²) >= 11 is 0. The summed E-state index contributed by atoms with van der Waals surface area (Å²) in [6.45, 7) is 2.06. The van der Waals surface area contributed by atoms with Crippen molar-refractivity contribution in [2.75, 3.05) is 27.2 Å². The maximum atomic E-state index is 12.3. The third-order valence-corrected chi connectivity index (χ3v) is 3.87. The van der Waals surface area contributed by atoms with Crippen LogP contribution in [0.2, 0.25) is 0 Å². The number of likely N-dealkylation sites (N-methyl/N-ethyl adjacent to an activating group) is 1. The smallest absolute Gasteiger partial charge is 0.290 e. The van der Waals surface area contributed by atoms with Crippen molar-refractivity contribution in [3.63, 3.8) is 0 Å². The monoisotopic (exact) mass is 333 g/mol. The van der Waals surface area contributed by atoms with Gasteiger partial charge in [0, 0.05) is 25.2 Å². The van der Waals surface area contributed by atoms with Gasteiger partial charge in [0.1, 0.15) is 0 Å². The molecule has 2 rings (SSSR count). The molecule has 0 radical (unpaired) electrons. The first kappa shape index (κ1) is 17.6. The molecular formula is C16H19N3O5. The van der Waals surface area contributed by atoms with E-state index in [1.54, 1.807) is 6.07 Å². The van der Waals surface area contributed by atoms with Gasteiger partial charge in [-0.05, 0) is 26.6 Å². The fourth-order valence-corrected chi connectivity index (χ4v) is 2.71. The minimum Gasteiger partial charge on any atom is -0.503 e. The van der Waals surface area contributed by atoms with Crippen LogP contribution in [-0.2, 0) is 9.59 Å². The summed E-state index contributed by atoms with van der Waals surface area (Å²) in [4.78, 5) is 38.0. The van der Waals surface area contributed by atoms with E-state index >= 15 is 0 Å². The van der Waals surface area contributed by atoms with E-state index in [1.807, 2.05) is 19.0 Å². The standard InChI is InChI=1S/C16H19N3O5/c1-10(20)13-14(11-5-4-6-12(9-11)19(23)24)18(8-7-17(2)3)16(22)15(13)21/h4-6,9,14,21H,7-8H2,1-3H3/t14-/m1/s1. The number of aliphatic hydroxyl groups is 1. The zero-order valence-corrected chi connectivity index (χ0v) is 13.7. The second-order valence-corrected chi connectivity index (χ2v) is 5.87. The average molecular weight is 333 g/mol. The van der Waals surface area contributed by atoms with E-state index in [0.717, 1.165) is 0 Å². The molecule has 0 saturated heterocycles. The summed E-state index contributed by atoms with van der Waals surface area (Å²) in [5, 5.41) is 21.1. The highest BCUT2D eigenvalue weighted by molar-refractivity contribution is 6.08. The molecule has 1 aliphatic rings. The molecule has 8 heteroatoms. The van der Waals surface area contributed by atoms with E-state index in [2.05, 4.69) is 0 Å². The molecular weight excluding hydrogens is 314 g/mol. The second-order valence-electron chi connectivity index (χ2n) is 5.87. The summed E-state index contributed by atoms with van der Waals surface area (Å²) in [6.07, 6.45) is 0. The molecule has 0 spiro atoms. The summed E-state index contributed by atoms with van der Waals surface area (Å²) in [6, 6.07) is 4.93. The van der Waals surface area contributed by atoms with Gasteiger partial charge < -0.3 is 14.9 Å². The zero-order chi connectivity index (χ0) is 18.0. The van der Waals surface area contributed by atoms with Crippen LogP contribution in [0.15, 0.2) is 35.6 Å². The molecule has 1 atom stereocenters. The Morgan fingerprint density at radius 3 is 2.62 bits per heavy atom. The molecule has 0 fully saturated rings. The Morgan fingerprint density at radius 1 is 1.42 bits per heavy atom.